The zero-order chi connectivity index (χ0) is 10.8. The Morgan fingerprint density at radius 2 is 2.47 bits per heavy atom. The van der Waals surface area contributed by atoms with Gasteiger partial charge in [-0.05, 0) is 0 Å². The van der Waals surface area contributed by atoms with E-state index in [1.54, 1.807) is 29.4 Å². The van der Waals surface area contributed by atoms with Gasteiger partial charge in [0.25, 0.3) is 5.91 Å². The van der Waals surface area contributed by atoms with Gasteiger partial charge in [0, 0.05) is 24.8 Å². The van der Waals surface area contributed by atoms with Crippen LogP contribution in [0.3, 0.4) is 0 Å². The van der Waals surface area contributed by atoms with Crippen LogP contribution in [0.2, 0.25) is 5.15 Å². The van der Waals surface area contributed by atoms with Gasteiger partial charge in [-0.15, -0.1) is 11.3 Å². The predicted octanol–water partition coefficient (Wildman–Crippen LogP) is 1.78. The second-order valence-electron chi connectivity index (χ2n) is 2.79. The summed E-state index contributed by atoms with van der Waals surface area (Å²) in [5, 5.41) is 4.87. The number of aryl methyl sites for hydroxylation is 1. The molecule has 0 atom stereocenters. The van der Waals surface area contributed by atoms with Crippen LogP contribution in [0.25, 0.3) is 0 Å². The molecular weight excluding hydrogens is 236 g/mol. The molecule has 2 heterocycles. The van der Waals surface area contributed by atoms with E-state index in [0.29, 0.717) is 16.1 Å². The molecule has 0 saturated heterocycles. The average Bonchev–Trinajstić information content (AvgIpc) is 2.77. The van der Waals surface area contributed by atoms with Gasteiger partial charge in [0.1, 0.15) is 5.15 Å². The summed E-state index contributed by atoms with van der Waals surface area (Å²) in [5.41, 5.74) is 0. The molecule has 0 aliphatic heterocycles. The maximum Gasteiger partial charge on any atom is 0.286 e. The Balaban J connectivity index is 2.14. The fourth-order valence-corrected chi connectivity index (χ4v) is 1.84. The first-order valence-corrected chi connectivity index (χ1v) is 5.32. The lowest BCUT2D eigenvalue weighted by atomic mass is 10.6. The molecule has 0 bridgehead atoms. The van der Waals surface area contributed by atoms with Crippen LogP contribution in [0.1, 0.15) is 9.80 Å². The maximum atomic E-state index is 11.6. The number of carbonyl (C=O) groups is 1. The molecule has 1 N–H and O–H groups in total. The molecule has 2 aromatic heterocycles. The third kappa shape index (κ3) is 2.16. The minimum Gasteiger partial charge on any atom is -0.320 e. The number of aromatic nitrogens is 3. The van der Waals surface area contributed by atoms with Crippen molar-refractivity contribution in [3.8, 4) is 0 Å². The highest BCUT2D eigenvalue weighted by atomic mass is 35.5. The van der Waals surface area contributed by atoms with E-state index in [1.807, 2.05) is 0 Å². The molecule has 0 saturated carbocycles. The van der Waals surface area contributed by atoms with Gasteiger partial charge < -0.3 is 4.57 Å². The van der Waals surface area contributed by atoms with E-state index < -0.39 is 0 Å². The van der Waals surface area contributed by atoms with Gasteiger partial charge in [-0.3, -0.25) is 10.1 Å². The van der Waals surface area contributed by atoms with Crippen LogP contribution in [0.4, 0.5) is 5.95 Å². The van der Waals surface area contributed by atoms with E-state index in [-0.39, 0.29) is 5.91 Å². The van der Waals surface area contributed by atoms with Crippen LogP contribution in [0.15, 0.2) is 17.8 Å². The molecule has 15 heavy (non-hydrogen) atoms. The van der Waals surface area contributed by atoms with Crippen LogP contribution >= 0.6 is 22.9 Å². The Labute approximate surface area is 94.7 Å². The fraction of sp³-hybridized carbons (Fsp3) is 0.125. The second-order valence-corrected chi connectivity index (χ2v) is 4.04. The number of imidazole rings is 1. The van der Waals surface area contributed by atoms with Crippen LogP contribution in [0.5, 0.6) is 0 Å². The van der Waals surface area contributed by atoms with E-state index >= 15 is 0 Å². The predicted molar refractivity (Wildman–Crippen MR) is 58.3 cm³/mol. The molecule has 7 heteroatoms. The summed E-state index contributed by atoms with van der Waals surface area (Å²) < 4.78 is 1.70. The van der Waals surface area contributed by atoms with Crippen LogP contribution < -0.4 is 5.32 Å². The molecular formula is C8H7ClN4OS. The number of amides is 1. The quantitative estimate of drug-likeness (QED) is 0.873. The monoisotopic (exact) mass is 242 g/mol. The summed E-state index contributed by atoms with van der Waals surface area (Å²) in [7, 11) is 1.79. The first-order valence-electron chi connectivity index (χ1n) is 4.06. The zero-order valence-electron chi connectivity index (χ0n) is 7.77. The van der Waals surface area contributed by atoms with Crippen molar-refractivity contribution in [2.45, 2.75) is 0 Å². The number of halogens is 1. The SMILES string of the molecule is Cn1ccnc1NC(=O)c1nc(Cl)cs1. The molecule has 0 spiro atoms. The van der Waals surface area contributed by atoms with Gasteiger partial charge in [0.05, 0.1) is 0 Å². The molecule has 0 aliphatic rings. The highest BCUT2D eigenvalue weighted by Crippen LogP contribution is 2.15. The minimum absolute atomic E-state index is 0.304. The third-order valence-electron chi connectivity index (χ3n) is 1.72. The van der Waals surface area contributed by atoms with Gasteiger partial charge >= 0.3 is 0 Å². The smallest absolute Gasteiger partial charge is 0.286 e. The summed E-state index contributed by atoms with van der Waals surface area (Å²) in [6.07, 6.45) is 3.34. The maximum absolute atomic E-state index is 11.6. The Bertz CT molecular complexity index is 492. The van der Waals surface area contributed by atoms with Gasteiger partial charge in [-0.2, -0.15) is 0 Å². The minimum atomic E-state index is -0.304. The number of rotatable bonds is 2. The Morgan fingerprint density at radius 1 is 1.67 bits per heavy atom. The highest BCUT2D eigenvalue weighted by molar-refractivity contribution is 7.12. The first-order chi connectivity index (χ1) is 7.16. The van der Waals surface area contributed by atoms with Crippen molar-refractivity contribution in [1.29, 1.82) is 0 Å². The van der Waals surface area contributed by atoms with E-state index in [9.17, 15) is 4.79 Å². The van der Waals surface area contributed by atoms with Crippen LogP contribution in [0, 0.1) is 0 Å². The summed E-state index contributed by atoms with van der Waals surface area (Å²) in [4.78, 5) is 19.4. The van der Waals surface area contributed by atoms with Gasteiger partial charge in [0.15, 0.2) is 5.01 Å². The Hall–Kier alpha value is -1.40. The number of nitrogens with one attached hydrogen (secondary N) is 1. The lowest BCUT2D eigenvalue weighted by Gasteiger charge is -2.01. The molecule has 78 valence electrons. The van der Waals surface area contributed by atoms with Crippen molar-refractivity contribution in [2.24, 2.45) is 7.05 Å². The van der Waals surface area contributed by atoms with Crippen molar-refractivity contribution >= 4 is 34.8 Å². The average molecular weight is 243 g/mol. The fourth-order valence-electron chi connectivity index (χ4n) is 1.000. The number of carbonyl (C=O) groups excluding carboxylic acids is 1. The Morgan fingerprint density at radius 3 is 3.00 bits per heavy atom. The van der Waals surface area contributed by atoms with Crippen molar-refractivity contribution in [1.82, 2.24) is 14.5 Å². The molecule has 1 amide bonds. The van der Waals surface area contributed by atoms with Crippen LogP contribution in [-0.4, -0.2) is 20.4 Å². The van der Waals surface area contributed by atoms with Crippen molar-refractivity contribution in [2.75, 3.05) is 5.32 Å². The van der Waals surface area contributed by atoms with Crippen molar-refractivity contribution < 1.29 is 4.79 Å². The normalized spacial score (nSPS) is 10.3. The molecule has 5 nitrogen and oxygen atoms in total. The van der Waals surface area contributed by atoms with E-state index in [4.69, 9.17) is 11.6 Å². The summed E-state index contributed by atoms with van der Waals surface area (Å²) in [6, 6.07) is 0. The number of hydrogen-bond acceptors (Lipinski definition) is 4. The zero-order valence-corrected chi connectivity index (χ0v) is 9.34. The molecule has 0 aromatic carbocycles. The lowest BCUT2D eigenvalue weighted by molar-refractivity contribution is 0.102. The summed E-state index contributed by atoms with van der Waals surface area (Å²) in [6.45, 7) is 0. The number of nitrogens with zero attached hydrogens (tertiary/aromatic N) is 3. The van der Waals surface area contributed by atoms with Gasteiger partial charge in [-0.25, -0.2) is 9.97 Å². The Kier molecular flexibility index (Phi) is 2.70. The van der Waals surface area contributed by atoms with Gasteiger partial charge in [-0.1, -0.05) is 11.6 Å². The van der Waals surface area contributed by atoms with Gasteiger partial charge in [0.2, 0.25) is 5.95 Å². The number of thiazole rings is 1. The molecule has 0 aliphatic carbocycles. The van der Waals surface area contributed by atoms with Crippen molar-refractivity contribution in [3.63, 3.8) is 0 Å². The lowest BCUT2D eigenvalue weighted by Crippen LogP contribution is -2.14. The molecule has 0 radical (unpaired) electrons. The molecule has 0 fully saturated rings. The first kappa shape index (κ1) is 10.1. The second kappa shape index (κ2) is 4.00. The van der Waals surface area contributed by atoms with E-state index in [2.05, 4.69) is 15.3 Å². The summed E-state index contributed by atoms with van der Waals surface area (Å²) >= 11 is 6.81. The molecule has 2 aromatic rings. The molecule has 0 unspecified atom stereocenters. The number of hydrogen-bond donors (Lipinski definition) is 1. The van der Waals surface area contributed by atoms with E-state index in [0.717, 1.165) is 0 Å². The van der Waals surface area contributed by atoms with Crippen LogP contribution in [-0.2, 0) is 7.05 Å². The topological polar surface area (TPSA) is 59.8 Å². The molecule has 2 rings (SSSR count). The number of anilines is 1. The highest BCUT2D eigenvalue weighted by Gasteiger charge is 2.12. The third-order valence-corrected chi connectivity index (χ3v) is 2.88. The summed E-state index contributed by atoms with van der Waals surface area (Å²) in [5.74, 6) is 0.174. The van der Waals surface area contributed by atoms with E-state index in [1.165, 1.54) is 11.3 Å². The standard InChI is InChI=1S/C8H7ClN4OS/c1-13-3-2-10-8(13)12-6(14)7-11-5(9)4-15-7/h2-4H,1H3,(H,10,12,14). The largest absolute Gasteiger partial charge is 0.320 e. The van der Waals surface area contributed by atoms with Crippen molar-refractivity contribution in [3.05, 3.63) is 27.9 Å².